The number of hydrogen-bond donors (Lipinski definition) is 13. The van der Waals surface area contributed by atoms with E-state index in [0.29, 0.717) is 61.4 Å². The van der Waals surface area contributed by atoms with Gasteiger partial charge in [-0.15, -0.1) is 0 Å². The summed E-state index contributed by atoms with van der Waals surface area (Å²) in [6, 6.07) is 40.7. The average molecular weight is 1470 g/mol. The smallest absolute Gasteiger partial charge is 0.238 e. The number of nitrogens with zero attached hydrogens (tertiary/aromatic N) is 1. The van der Waals surface area contributed by atoms with Gasteiger partial charge in [0.1, 0.15) is 79.3 Å². The lowest BCUT2D eigenvalue weighted by Crippen LogP contribution is -2.25. The summed E-state index contributed by atoms with van der Waals surface area (Å²) in [5.41, 5.74) is 8.20. The zero-order valence-electron chi connectivity index (χ0n) is 59.4. The Balaban J connectivity index is 0.000000153. The van der Waals surface area contributed by atoms with Gasteiger partial charge in [-0.05, 0) is 221 Å². The minimum atomic E-state index is -1.02. The van der Waals surface area contributed by atoms with E-state index in [9.17, 15) is 90.0 Å². The predicted molar refractivity (Wildman–Crippen MR) is 412 cm³/mol. The molecule has 0 saturated carbocycles. The number of phenolic OH excluding ortho intramolecular Hbond substituents is 11. The lowest BCUT2D eigenvalue weighted by molar-refractivity contribution is 0.0945. The molecular weight excluding hydrogens is 1400 g/mol. The number of fused-ring (bicyclic) bond motifs is 5. The molecule has 2 aliphatic carbocycles. The second kappa shape index (κ2) is 33.4. The number of phenols is 11. The third-order valence-electron chi connectivity index (χ3n) is 16.7. The van der Waals surface area contributed by atoms with Crippen LogP contribution in [0.4, 0.5) is 0 Å². The van der Waals surface area contributed by atoms with E-state index >= 15 is 0 Å². The molecule has 23 heteroatoms. The van der Waals surface area contributed by atoms with E-state index in [1.807, 2.05) is 19.9 Å². The Morgan fingerprint density at radius 2 is 1.00 bits per heavy atom. The van der Waals surface area contributed by atoms with Crippen molar-refractivity contribution in [3.63, 3.8) is 0 Å². The summed E-state index contributed by atoms with van der Waals surface area (Å²) in [4.78, 5) is 75.8. The van der Waals surface area contributed by atoms with Crippen molar-refractivity contribution < 1.29 is 94.0 Å². The number of hydrogen-bond acceptors (Lipinski definition) is 22. The van der Waals surface area contributed by atoms with E-state index in [2.05, 4.69) is 11.4 Å². The summed E-state index contributed by atoms with van der Waals surface area (Å²) in [5.74, 6) is -2.66. The molecule has 0 amide bonds. The van der Waals surface area contributed by atoms with E-state index in [1.54, 1.807) is 114 Å². The van der Waals surface area contributed by atoms with Crippen molar-refractivity contribution in [3.8, 4) is 103 Å². The van der Waals surface area contributed by atoms with E-state index in [-0.39, 0.29) is 136 Å². The Morgan fingerprint density at radius 3 is 1.59 bits per heavy atom. The number of aryl methyl sites for hydroxylation is 4. The summed E-state index contributed by atoms with van der Waals surface area (Å²) in [5, 5.41) is 125. The lowest BCUT2D eigenvalue weighted by atomic mass is 9.83. The van der Waals surface area contributed by atoms with Crippen LogP contribution < -0.4 is 16.3 Å². The van der Waals surface area contributed by atoms with Crippen LogP contribution >= 0.6 is 0 Å². The third kappa shape index (κ3) is 18.3. The first-order chi connectivity index (χ1) is 51.6. The Morgan fingerprint density at radius 1 is 0.477 bits per heavy atom. The van der Waals surface area contributed by atoms with Crippen molar-refractivity contribution >= 4 is 61.9 Å². The molecular formula is C86H71NO22. The molecule has 109 heavy (non-hydrogen) atoms. The predicted octanol–water partition coefficient (Wildman–Crippen LogP) is 16.2. The van der Waals surface area contributed by atoms with Gasteiger partial charge in [-0.3, -0.25) is 28.8 Å². The molecule has 12 aromatic rings. The van der Waals surface area contributed by atoms with Crippen LogP contribution in [-0.2, 0) is 0 Å². The van der Waals surface area contributed by atoms with Gasteiger partial charge in [0.15, 0.2) is 62.7 Å². The number of rotatable bonds is 7. The van der Waals surface area contributed by atoms with Gasteiger partial charge in [-0.25, -0.2) is 4.85 Å². The van der Waals surface area contributed by atoms with Gasteiger partial charge >= 0.3 is 0 Å². The first-order valence-corrected chi connectivity index (χ1v) is 33.0. The Labute approximate surface area is 620 Å². The molecule has 0 bridgehead atoms. The normalized spacial score (nSPS) is 12.2. The van der Waals surface area contributed by atoms with Gasteiger partial charge in [0.05, 0.1) is 29.2 Å². The average Bonchev–Trinajstić information content (AvgIpc) is 0.758. The molecule has 0 saturated heterocycles. The summed E-state index contributed by atoms with van der Waals surface area (Å²) in [7, 11) is 0. The SMILES string of the molecule is C=C1C=CC(=O)c2c(O)cccc21.CC(C)=CCC(O)C1=CC(=O)c2c(O)ccc(C)c2C1=O.Cc1cc(O)c2c(=O)c(O)c(-c3ccc(O)c(O)c3)oc2c1.Cc1cc(O)c2c(=O)cc(-c3ccc(O)c(O)c3)oc2c1.Cc1cc(O)cc2oc(-c3ccc(O)cc3)cc(=O)c12.[C-]#[N+]/C(C)=C\c1ccc(O)cc1. The molecule has 552 valence electrons. The molecule has 1 unspecified atom stereocenters. The van der Waals surface area contributed by atoms with Gasteiger partial charge in [-0.2, -0.15) is 0 Å². The van der Waals surface area contributed by atoms with Crippen molar-refractivity contribution in [2.24, 2.45) is 0 Å². The maximum Gasteiger partial charge on any atom is 0.238 e. The molecule has 2 aliphatic rings. The standard InChI is InChI=1S/C17H18O4.C16H12O6.C16H12O5.C16H12O4.C11H8O2.C10H9NO/c1-9(2)4-6-12(18)11-8-14(20)16-13(19)7-5-10(3)15(16)17(11)21;1-7-4-11(19)13-12(5-7)22-16(15(21)14(13)20)8-2-3-9(17)10(18)6-8;1-8-4-12(19)16-13(20)7-14(21-15(16)5-8)9-2-3-10(17)11(18)6-9;1-9-6-12(18)7-15-16(9)13(19)8-14(20-15)10-2-4-11(17)5-3-10;1-7-5-6-10(13)11-8(7)3-2-4-9(11)12;1-8(11-2)7-9-3-5-10(12)6-4-9/h4-5,7-8,12,18-19H,6H2,1-3H3;2-6,17-19,21H,1H3;2-7,17-19H,1H3;2-8,17-18H,1H3;2-6,12H,1H2;3-7,12H,1H3/b;;;;;8-7-. The third-order valence-corrected chi connectivity index (χ3v) is 16.7. The highest BCUT2D eigenvalue weighted by molar-refractivity contribution is 6.26. The number of aromatic hydroxyl groups is 12. The lowest BCUT2D eigenvalue weighted by Gasteiger charge is -2.20. The quantitative estimate of drug-likeness (QED) is 0.0400. The highest BCUT2D eigenvalue weighted by Gasteiger charge is 2.33. The van der Waals surface area contributed by atoms with Crippen LogP contribution in [0.25, 0.3) is 83.4 Å². The molecule has 23 nitrogen and oxygen atoms in total. The van der Waals surface area contributed by atoms with Crippen LogP contribution in [0, 0.1) is 34.3 Å². The number of carbonyl (C=O) groups excluding carboxylic acids is 3. The molecule has 0 spiro atoms. The minimum absolute atomic E-state index is 0.0213. The molecule has 3 aromatic heterocycles. The number of Topliss-reactive ketones (excluding diaryl/α,β-unsaturated/α-hetero) is 1. The van der Waals surface area contributed by atoms with E-state index in [1.165, 1.54) is 97.1 Å². The van der Waals surface area contributed by atoms with Crippen LogP contribution in [-0.4, -0.2) is 89.8 Å². The van der Waals surface area contributed by atoms with Gasteiger partial charge in [-0.1, -0.05) is 60.7 Å². The van der Waals surface area contributed by atoms with Crippen molar-refractivity contribution in [3.05, 3.63) is 304 Å². The second-order valence-corrected chi connectivity index (χ2v) is 25.4. The van der Waals surface area contributed by atoms with Crippen LogP contribution in [0.1, 0.15) is 91.6 Å². The van der Waals surface area contributed by atoms with Crippen molar-refractivity contribution in [2.45, 2.75) is 61.0 Å². The van der Waals surface area contributed by atoms with Gasteiger partial charge in [0.25, 0.3) is 0 Å². The monoisotopic (exact) mass is 1470 g/mol. The number of aliphatic hydroxyl groups excluding tert-OH is 1. The Hall–Kier alpha value is -14.6. The number of allylic oxidation sites excluding steroid dienone is 6. The molecule has 9 aromatic carbocycles. The molecule has 13 N–H and O–H groups in total. The summed E-state index contributed by atoms with van der Waals surface area (Å²) < 4.78 is 16.8. The molecule has 3 heterocycles. The number of carbonyl (C=O) groups is 3. The Kier molecular flexibility index (Phi) is 24.1. The number of ketones is 3. The molecule has 0 fully saturated rings. The second-order valence-electron chi connectivity index (χ2n) is 25.4. The maximum atomic E-state index is 12.5. The van der Waals surface area contributed by atoms with Crippen molar-refractivity contribution in [1.82, 2.24) is 0 Å². The molecule has 0 radical (unpaired) electrons. The van der Waals surface area contributed by atoms with Gasteiger partial charge < -0.3 is 79.6 Å². The number of benzene rings is 9. The highest BCUT2D eigenvalue weighted by atomic mass is 16.4. The summed E-state index contributed by atoms with van der Waals surface area (Å²) in [6.45, 7) is 23.0. The molecule has 14 rings (SSSR count). The van der Waals surface area contributed by atoms with Crippen molar-refractivity contribution in [2.75, 3.05) is 0 Å². The van der Waals surface area contributed by atoms with Gasteiger partial charge in [0.2, 0.25) is 11.2 Å². The fraction of sp³-hybridized carbons (Fsp3) is 0.105. The highest BCUT2D eigenvalue weighted by Crippen LogP contribution is 2.39. The topological polar surface area (TPSA) is 409 Å². The zero-order valence-corrected chi connectivity index (χ0v) is 59.4. The van der Waals surface area contributed by atoms with Crippen LogP contribution in [0.15, 0.2) is 239 Å². The van der Waals surface area contributed by atoms with Crippen LogP contribution in [0.2, 0.25) is 0 Å². The molecule has 0 aliphatic heterocycles. The first kappa shape index (κ1) is 78.5. The van der Waals surface area contributed by atoms with E-state index < -0.39 is 34.6 Å². The van der Waals surface area contributed by atoms with Crippen molar-refractivity contribution in [1.29, 1.82) is 0 Å². The van der Waals surface area contributed by atoms with Crippen LogP contribution in [0.5, 0.6) is 69.0 Å². The fourth-order valence-electron chi connectivity index (χ4n) is 11.4. The zero-order chi connectivity index (χ0) is 79.6. The number of aliphatic hydroxyl groups is 1. The van der Waals surface area contributed by atoms with E-state index in [0.717, 1.165) is 34.4 Å². The summed E-state index contributed by atoms with van der Waals surface area (Å²) in [6.07, 6.45) is 7.05. The first-order valence-electron chi connectivity index (χ1n) is 33.0. The molecule has 1 atom stereocenters. The minimum Gasteiger partial charge on any atom is -0.508 e. The van der Waals surface area contributed by atoms with E-state index in [4.69, 9.17) is 24.9 Å². The largest absolute Gasteiger partial charge is 0.508 e. The van der Waals surface area contributed by atoms with Crippen LogP contribution in [0.3, 0.4) is 0 Å². The maximum absolute atomic E-state index is 12.5. The Bertz CT molecular complexity index is 6000. The fourth-order valence-corrected chi connectivity index (χ4v) is 11.4. The summed E-state index contributed by atoms with van der Waals surface area (Å²) >= 11 is 0. The van der Waals surface area contributed by atoms with Gasteiger partial charge in [0, 0.05) is 46.0 Å².